The third-order valence-corrected chi connectivity index (χ3v) is 12.1. The second kappa shape index (κ2) is 12.0. The minimum atomic E-state index is -3.34. The summed E-state index contributed by atoms with van der Waals surface area (Å²) < 4.78 is 23.8. The first-order chi connectivity index (χ1) is 21.2. The van der Waals surface area contributed by atoms with Crippen molar-refractivity contribution in [3.8, 4) is 0 Å². The molecule has 2 aromatic rings. The summed E-state index contributed by atoms with van der Waals surface area (Å²) in [7, 11) is -3.34. The molecule has 1 aliphatic carbocycles. The molecule has 3 unspecified atom stereocenters. The standard InChI is InChI=1S/C34H44N4O5S/c1-3-38-32(41)37(23-25-13-15-28(16-14-25)44(2,42)43)31(40)33(38)17-19-36(20-18-33)34(24-39,27-11-7-8-12-27)30-22-35-21-29(30)26-9-5-4-6-10-26/h4-6,9-10,13-16,24,27,29-30,35H,3,7-8,11-12,17-23H2,1-2H3. The average molecular weight is 621 g/mol. The monoisotopic (exact) mass is 620 g/mol. The Morgan fingerprint density at radius 3 is 2.23 bits per heavy atom. The van der Waals surface area contributed by atoms with E-state index in [9.17, 15) is 22.8 Å². The van der Waals surface area contributed by atoms with Crippen LogP contribution in [-0.4, -0.2) is 91.4 Å². The molecular weight excluding hydrogens is 576 g/mol. The second-order valence-electron chi connectivity index (χ2n) is 13.1. The Kier molecular flexibility index (Phi) is 8.45. The van der Waals surface area contributed by atoms with Gasteiger partial charge in [-0.2, -0.15) is 0 Å². The zero-order valence-electron chi connectivity index (χ0n) is 25.8. The van der Waals surface area contributed by atoms with E-state index in [-0.39, 0.29) is 41.1 Å². The number of sulfone groups is 1. The van der Waals surface area contributed by atoms with Crippen LogP contribution in [0.1, 0.15) is 62.5 Å². The highest BCUT2D eigenvalue weighted by Gasteiger charge is 2.61. The quantitative estimate of drug-likeness (QED) is 0.335. The van der Waals surface area contributed by atoms with Crippen molar-refractivity contribution in [2.24, 2.45) is 11.8 Å². The zero-order valence-corrected chi connectivity index (χ0v) is 26.6. The molecule has 44 heavy (non-hydrogen) atoms. The minimum Gasteiger partial charge on any atom is -0.316 e. The van der Waals surface area contributed by atoms with Crippen LogP contribution in [0.5, 0.6) is 0 Å². The number of hydrogen-bond acceptors (Lipinski definition) is 7. The number of carbonyl (C=O) groups excluding carboxylic acids is 3. The smallest absolute Gasteiger partial charge is 0.316 e. The fourth-order valence-corrected chi connectivity index (χ4v) is 9.42. The molecule has 4 fully saturated rings. The van der Waals surface area contributed by atoms with Gasteiger partial charge in [-0.3, -0.25) is 14.6 Å². The zero-order chi connectivity index (χ0) is 31.1. The van der Waals surface area contributed by atoms with Crippen LogP contribution in [0.25, 0.3) is 0 Å². The molecule has 3 amide bonds. The first kappa shape index (κ1) is 30.9. The molecule has 4 aliphatic rings. The molecule has 3 heterocycles. The Hall–Kier alpha value is -3.08. The van der Waals surface area contributed by atoms with E-state index in [0.29, 0.717) is 38.0 Å². The molecule has 3 atom stereocenters. The third-order valence-electron chi connectivity index (χ3n) is 11.0. The van der Waals surface area contributed by atoms with E-state index in [2.05, 4.69) is 34.5 Å². The molecule has 9 nitrogen and oxygen atoms in total. The Bertz CT molecular complexity index is 1480. The van der Waals surface area contributed by atoms with Gasteiger partial charge in [0.25, 0.3) is 5.91 Å². The average Bonchev–Trinajstić information content (AvgIpc) is 3.78. The summed E-state index contributed by atoms with van der Waals surface area (Å²) in [5.41, 5.74) is 0.387. The first-order valence-corrected chi connectivity index (χ1v) is 17.9. The lowest BCUT2D eigenvalue weighted by molar-refractivity contribution is -0.140. The summed E-state index contributed by atoms with van der Waals surface area (Å²) in [6.45, 7) is 5.17. The summed E-state index contributed by atoms with van der Waals surface area (Å²) in [4.78, 5) is 46.9. The van der Waals surface area contributed by atoms with Crippen molar-refractivity contribution in [1.82, 2.24) is 20.0 Å². The van der Waals surface area contributed by atoms with Crippen molar-refractivity contribution in [1.29, 1.82) is 0 Å². The van der Waals surface area contributed by atoms with Crippen molar-refractivity contribution >= 4 is 28.1 Å². The van der Waals surface area contributed by atoms with E-state index >= 15 is 0 Å². The van der Waals surface area contributed by atoms with E-state index in [1.165, 1.54) is 28.9 Å². The summed E-state index contributed by atoms with van der Waals surface area (Å²) in [5.74, 6) is 0.414. The van der Waals surface area contributed by atoms with Gasteiger partial charge in [0.05, 0.1) is 17.0 Å². The number of piperidine rings is 1. The van der Waals surface area contributed by atoms with E-state index in [4.69, 9.17) is 0 Å². The van der Waals surface area contributed by atoms with Gasteiger partial charge in [-0.05, 0) is 61.8 Å². The number of nitrogens with zero attached hydrogens (tertiary/aromatic N) is 3. The molecule has 1 N–H and O–H groups in total. The Morgan fingerprint density at radius 1 is 0.977 bits per heavy atom. The number of amides is 3. The Balaban J connectivity index is 1.26. The number of likely N-dealkylation sites (tertiary alicyclic amines) is 1. The maximum absolute atomic E-state index is 14.1. The summed E-state index contributed by atoms with van der Waals surface area (Å²) >= 11 is 0. The Labute approximate surface area is 260 Å². The lowest BCUT2D eigenvalue weighted by Gasteiger charge is -2.53. The highest BCUT2D eigenvalue weighted by atomic mass is 32.2. The topological polar surface area (TPSA) is 107 Å². The highest BCUT2D eigenvalue weighted by molar-refractivity contribution is 7.90. The van der Waals surface area contributed by atoms with Gasteiger partial charge in [-0.1, -0.05) is 55.3 Å². The minimum absolute atomic E-state index is 0.0938. The molecule has 10 heteroatoms. The van der Waals surface area contributed by atoms with Crippen molar-refractivity contribution in [2.75, 3.05) is 39.0 Å². The molecule has 1 spiro atoms. The number of aldehydes is 1. The van der Waals surface area contributed by atoms with Gasteiger partial charge in [-0.25, -0.2) is 13.2 Å². The van der Waals surface area contributed by atoms with Crippen molar-refractivity contribution < 1.29 is 22.8 Å². The molecule has 3 saturated heterocycles. The number of carbonyl (C=O) groups is 3. The second-order valence-corrected chi connectivity index (χ2v) is 15.1. The molecule has 0 aromatic heterocycles. The van der Waals surface area contributed by atoms with E-state index in [1.54, 1.807) is 17.0 Å². The van der Waals surface area contributed by atoms with E-state index in [1.807, 2.05) is 13.0 Å². The molecule has 6 rings (SSSR count). The van der Waals surface area contributed by atoms with Crippen LogP contribution < -0.4 is 5.32 Å². The highest BCUT2D eigenvalue weighted by Crippen LogP contribution is 2.49. The number of rotatable bonds is 9. The van der Waals surface area contributed by atoms with Gasteiger partial charge in [0.15, 0.2) is 9.84 Å². The van der Waals surface area contributed by atoms with E-state index < -0.39 is 20.9 Å². The molecule has 2 aromatic carbocycles. The fourth-order valence-electron chi connectivity index (χ4n) is 8.79. The van der Waals surface area contributed by atoms with E-state index in [0.717, 1.165) is 45.0 Å². The molecular formula is C34H44N4O5S. The predicted octanol–water partition coefficient (Wildman–Crippen LogP) is 3.84. The lowest BCUT2D eigenvalue weighted by atomic mass is 9.66. The lowest BCUT2D eigenvalue weighted by Crippen LogP contribution is -2.66. The molecule has 0 radical (unpaired) electrons. The number of imide groups is 1. The van der Waals surface area contributed by atoms with Gasteiger partial charge < -0.3 is 15.0 Å². The van der Waals surface area contributed by atoms with Crippen LogP contribution in [-0.2, 0) is 26.0 Å². The van der Waals surface area contributed by atoms with Crippen LogP contribution >= 0.6 is 0 Å². The van der Waals surface area contributed by atoms with Crippen LogP contribution in [0, 0.1) is 11.8 Å². The normalized spacial score (nSPS) is 26.0. The van der Waals surface area contributed by atoms with Crippen molar-refractivity contribution in [3.05, 3.63) is 65.7 Å². The van der Waals surface area contributed by atoms with Gasteiger partial charge in [-0.15, -0.1) is 0 Å². The van der Waals surface area contributed by atoms with Crippen LogP contribution in [0.3, 0.4) is 0 Å². The largest absolute Gasteiger partial charge is 0.327 e. The number of nitrogens with one attached hydrogen (secondary N) is 1. The summed E-state index contributed by atoms with van der Waals surface area (Å²) in [5, 5.41) is 3.61. The number of hydrogen-bond donors (Lipinski definition) is 1. The number of benzene rings is 2. The molecule has 3 aliphatic heterocycles. The van der Waals surface area contributed by atoms with Crippen LogP contribution in [0.15, 0.2) is 59.5 Å². The van der Waals surface area contributed by atoms with Gasteiger partial charge >= 0.3 is 6.03 Å². The van der Waals surface area contributed by atoms with Crippen LogP contribution in [0.4, 0.5) is 4.79 Å². The molecule has 236 valence electrons. The fraction of sp³-hybridized carbons (Fsp3) is 0.559. The number of urea groups is 1. The number of likely N-dealkylation sites (N-methyl/N-ethyl adjacent to an activating group) is 1. The predicted molar refractivity (Wildman–Crippen MR) is 168 cm³/mol. The van der Waals surface area contributed by atoms with Crippen molar-refractivity contribution in [2.45, 2.75) is 73.9 Å². The molecule has 1 saturated carbocycles. The molecule has 0 bridgehead atoms. The maximum Gasteiger partial charge on any atom is 0.327 e. The maximum atomic E-state index is 14.1. The van der Waals surface area contributed by atoms with Gasteiger partial charge in [0.2, 0.25) is 0 Å². The SMILES string of the molecule is CCN1C(=O)N(Cc2ccc(S(C)(=O)=O)cc2)C(=O)C12CCN(C(C=O)(C1CCCC1)C1CNCC1c1ccccc1)CC2. The Morgan fingerprint density at radius 2 is 1.64 bits per heavy atom. The third kappa shape index (κ3) is 5.08. The van der Waals surface area contributed by atoms with Crippen molar-refractivity contribution in [3.63, 3.8) is 0 Å². The van der Waals surface area contributed by atoms with Gasteiger partial charge in [0, 0.05) is 50.8 Å². The first-order valence-electron chi connectivity index (χ1n) is 16.1. The summed E-state index contributed by atoms with van der Waals surface area (Å²) in [6.07, 6.45) is 7.68. The summed E-state index contributed by atoms with van der Waals surface area (Å²) in [6, 6.07) is 16.6. The van der Waals surface area contributed by atoms with Gasteiger partial charge in [0.1, 0.15) is 11.8 Å². The van der Waals surface area contributed by atoms with Crippen LogP contribution in [0.2, 0.25) is 0 Å².